The van der Waals surface area contributed by atoms with E-state index in [0.717, 1.165) is 22.6 Å². The van der Waals surface area contributed by atoms with E-state index in [0.29, 0.717) is 11.7 Å². The summed E-state index contributed by atoms with van der Waals surface area (Å²) in [5, 5.41) is 11.0. The quantitative estimate of drug-likeness (QED) is 0.568. The minimum absolute atomic E-state index is 0.0889. The Hall–Kier alpha value is -2.12. The number of hydrogen-bond acceptors (Lipinski definition) is 6. The molecule has 0 aliphatic carbocycles. The first kappa shape index (κ1) is 17.7. The average molecular weight is 374 g/mol. The summed E-state index contributed by atoms with van der Waals surface area (Å²) < 4.78 is 5.18. The Balaban J connectivity index is 1.78. The van der Waals surface area contributed by atoms with Gasteiger partial charge in [0.25, 0.3) is 0 Å². The van der Waals surface area contributed by atoms with E-state index < -0.39 is 0 Å². The van der Waals surface area contributed by atoms with Crippen LogP contribution in [0.15, 0.2) is 52.0 Å². The summed E-state index contributed by atoms with van der Waals surface area (Å²) in [6.45, 7) is 2.50. The largest absolute Gasteiger partial charge is 0.497 e. The van der Waals surface area contributed by atoms with Crippen LogP contribution in [0.5, 0.6) is 5.75 Å². The number of thiophene rings is 1. The Kier molecular flexibility index (Phi) is 5.88. The lowest BCUT2D eigenvalue weighted by Crippen LogP contribution is -2.31. The Bertz CT molecular complexity index is 770. The summed E-state index contributed by atoms with van der Waals surface area (Å²) in [5.41, 5.74) is 1.03. The topological polar surface area (TPSA) is 54.3 Å². The second-order valence-corrected chi connectivity index (χ2v) is 7.58. The molecule has 0 unspecified atom stereocenters. The smallest absolute Gasteiger partial charge is 0.242 e. The number of benzene rings is 1. The molecule has 0 radical (unpaired) electrons. The molecule has 0 saturated carbocycles. The number of methoxy groups -OCH3 is 1. The van der Waals surface area contributed by atoms with E-state index in [-0.39, 0.29) is 11.2 Å². The molecule has 1 fully saturated rings. The second-order valence-electron chi connectivity index (χ2n) is 5.43. The summed E-state index contributed by atoms with van der Waals surface area (Å²) >= 11 is 3.08. The molecule has 0 bridgehead atoms. The van der Waals surface area contributed by atoms with E-state index >= 15 is 0 Å². The minimum atomic E-state index is -0.0889. The molecule has 1 aromatic heterocycles. The van der Waals surface area contributed by atoms with Gasteiger partial charge >= 0.3 is 0 Å². The zero-order valence-electron chi connectivity index (χ0n) is 14.1. The fourth-order valence-electron chi connectivity index (χ4n) is 2.40. The van der Waals surface area contributed by atoms with Crippen LogP contribution in [0.25, 0.3) is 0 Å². The average Bonchev–Trinajstić information content (AvgIpc) is 3.25. The lowest BCUT2D eigenvalue weighted by atomic mass is 10.2. The Morgan fingerprint density at radius 2 is 2.08 bits per heavy atom. The van der Waals surface area contributed by atoms with E-state index in [1.165, 1.54) is 11.8 Å². The summed E-state index contributed by atoms with van der Waals surface area (Å²) in [5.74, 6) is 0.889. The zero-order valence-corrected chi connectivity index (χ0v) is 15.7. The molecule has 2 heterocycles. The van der Waals surface area contributed by atoms with Gasteiger partial charge in [-0.05, 0) is 35.6 Å². The third kappa shape index (κ3) is 4.29. The first-order valence-electron chi connectivity index (χ1n) is 7.96. The van der Waals surface area contributed by atoms with Gasteiger partial charge in [0, 0.05) is 4.88 Å². The summed E-state index contributed by atoms with van der Waals surface area (Å²) in [4.78, 5) is 15.4. The highest BCUT2D eigenvalue weighted by molar-refractivity contribution is 8.15. The third-order valence-electron chi connectivity index (χ3n) is 3.76. The molecular formula is C18H19N3O2S2. The van der Waals surface area contributed by atoms with Crippen LogP contribution in [0.2, 0.25) is 0 Å². The van der Waals surface area contributed by atoms with Crippen molar-refractivity contribution >= 4 is 40.4 Å². The van der Waals surface area contributed by atoms with Crippen molar-refractivity contribution in [2.45, 2.75) is 25.1 Å². The number of carbonyl (C=O) groups is 1. The summed E-state index contributed by atoms with van der Waals surface area (Å²) in [7, 11) is 1.64. The minimum Gasteiger partial charge on any atom is -0.497 e. The standard InChI is InChI=1S/C18H19N3O2S2/c1-3-16-17(22)21(12-13-6-8-14(23-2)9-7-13)18(25-16)20-19-11-15-5-4-10-24-15/h4-11,16H,3,12H2,1-2H3/b19-11-,20-18-/t16-/m1/s1. The molecule has 0 N–H and O–H groups in total. The highest BCUT2D eigenvalue weighted by Gasteiger charge is 2.36. The van der Waals surface area contributed by atoms with E-state index in [4.69, 9.17) is 4.74 Å². The molecule has 25 heavy (non-hydrogen) atoms. The van der Waals surface area contributed by atoms with Crippen molar-refractivity contribution in [3.63, 3.8) is 0 Å². The number of amides is 1. The van der Waals surface area contributed by atoms with Crippen molar-refractivity contribution < 1.29 is 9.53 Å². The number of thioether (sulfide) groups is 1. The number of amidine groups is 1. The van der Waals surface area contributed by atoms with Crippen LogP contribution in [-0.2, 0) is 11.3 Å². The maximum absolute atomic E-state index is 12.6. The van der Waals surface area contributed by atoms with Crippen molar-refractivity contribution in [3.05, 3.63) is 52.2 Å². The van der Waals surface area contributed by atoms with Crippen LogP contribution in [0, 0.1) is 0 Å². The summed E-state index contributed by atoms with van der Waals surface area (Å²) in [6, 6.07) is 11.7. The van der Waals surface area contributed by atoms with E-state index in [2.05, 4.69) is 10.2 Å². The Morgan fingerprint density at radius 1 is 1.28 bits per heavy atom. The van der Waals surface area contributed by atoms with Gasteiger partial charge in [0.15, 0.2) is 5.17 Å². The SMILES string of the molecule is CC[C@H]1S/C(=N\N=C/c2cccs2)N(Cc2ccc(OC)cc2)C1=O. The van der Waals surface area contributed by atoms with Crippen LogP contribution in [0.3, 0.4) is 0 Å². The lowest BCUT2D eigenvalue weighted by molar-refractivity contribution is -0.126. The predicted octanol–water partition coefficient (Wildman–Crippen LogP) is 4.00. The van der Waals surface area contributed by atoms with Gasteiger partial charge in [0.2, 0.25) is 5.91 Å². The highest BCUT2D eigenvalue weighted by Crippen LogP contribution is 2.31. The van der Waals surface area contributed by atoms with E-state index in [1.807, 2.05) is 48.7 Å². The Morgan fingerprint density at radius 3 is 2.72 bits per heavy atom. The molecule has 130 valence electrons. The molecule has 1 aliphatic heterocycles. The maximum Gasteiger partial charge on any atom is 0.242 e. The Labute approximate surface area is 155 Å². The fraction of sp³-hybridized carbons (Fsp3) is 0.278. The predicted molar refractivity (Wildman–Crippen MR) is 105 cm³/mol. The first-order chi connectivity index (χ1) is 12.2. The third-order valence-corrected chi connectivity index (χ3v) is 5.90. The van der Waals surface area contributed by atoms with Crippen molar-refractivity contribution in [1.82, 2.24) is 4.90 Å². The molecule has 7 heteroatoms. The van der Waals surface area contributed by atoms with E-state index in [9.17, 15) is 4.79 Å². The van der Waals surface area contributed by atoms with Crippen molar-refractivity contribution in [2.75, 3.05) is 7.11 Å². The van der Waals surface area contributed by atoms with E-state index in [1.54, 1.807) is 29.6 Å². The molecule has 1 amide bonds. The molecule has 1 saturated heterocycles. The first-order valence-corrected chi connectivity index (χ1v) is 9.72. The van der Waals surface area contributed by atoms with Crippen LogP contribution in [0.1, 0.15) is 23.8 Å². The van der Waals surface area contributed by atoms with Crippen LogP contribution < -0.4 is 4.74 Å². The zero-order chi connectivity index (χ0) is 17.6. The molecule has 1 aliphatic rings. The van der Waals surface area contributed by atoms with Gasteiger partial charge in [-0.25, -0.2) is 0 Å². The molecule has 1 aromatic carbocycles. The monoisotopic (exact) mass is 373 g/mol. The molecule has 3 rings (SSSR count). The maximum atomic E-state index is 12.6. The van der Waals surface area contributed by atoms with Gasteiger partial charge < -0.3 is 4.74 Å². The molecule has 0 spiro atoms. The second kappa shape index (κ2) is 8.31. The molecule has 1 atom stereocenters. The van der Waals surface area contributed by atoms with Gasteiger partial charge in [-0.3, -0.25) is 9.69 Å². The van der Waals surface area contributed by atoms with Crippen molar-refractivity contribution in [1.29, 1.82) is 0 Å². The molecular weight excluding hydrogens is 354 g/mol. The van der Waals surface area contributed by atoms with Gasteiger partial charge in [0.1, 0.15) is 5.75 Å². The fourth-order valence-corrected chi connectivity index (χ4v) is 4.01. The summed E-state index contributed by atoms with van der Waals surface area (Å²) in [6.07, 6.45) is 2.49. The number of carbonyl (C=O) groups excluding carboxylic acids is 1. The number of nitrogens with zero attached hydrogens (tertiary/aromatic N) is 3. The van der Waals surface area contributed by atoms with Gasteiger partial charge in [-0.2, -0.15) is 5.10 Å². The van der Waals surface area contributed by atoms with Crippen LogP contribution in [0.4, 0.5) is 0 Å². The lowest BCUT2D eigenvalue weighted by Gasteiger charge is -2.16. The van der Waals surface area contributed by atoms with Crippen LogP contribution in [-0.4, -0.2) is 34.5 Å². The normalized spacial score (nSPS) is 19.3. The number of ether oxygens (including phenoxy) is 1. The van der Waals surface area contributed by atoms with Crippen LogP contribution >= 0.6 is 23.1 Å². The van der Waals surface area contributed by atoms with Gasteiger partial charge in [-0.1, -0.05) is 36.9 Å². The number of rotatable bonds is 6. The highest BCUT2D eigenvalue weighted by atomic mass is 32.2. The molecule has 5 nitrogen and oxygen atoms in total. The molecule has 2 aromatic rings. The van der Waals surface area contributed by atoms with Gasteiger partial charge in [0.05, 0.1) is 25.1 Å². The van der Waals surface area contributed by atoms with Gasteiger partial charge in [-0.15, -0.1) is 16.4 Å². The number of hydrogen-bond donors (Lipinski definition) is 0. The van der Waals surface area contributed by atoms with Crippen molar-refractivity contribution in [2.24, 2.45) is 10.2 Å². The van der Waals surface area contributed by atoms with Crippen molar-refractivity contribution in [3.8, 4) is 5.75 Å².